The predicted molar refractivity (Wildman–Crippen MR) is 112 cm³/mol. The van der Waals surface area contributed by atoms with Crippen LogP contribution in [0.15, 0.2) is 53.5 Å². The van der Waals surface area contributed by atoms with Crippen LogP contribution in [0.3, 0.4) is 0 Å². The molecule has 3 rings (SSSR count). The van der Waals surface area contributed by atoms with E-state index in [2.05, 4.69) is 4.99 Å². The number of benzene rings is 2. The van der Waals surface area contributed by atoms with E-state index in [4.69, 9.17) is 16.3 Å². The lowest BCUT2D eigenvalue weighted by Crippen LogP contribution is -2.01. The minimum absolute atomic E-state index is 0.0294. The number of hydrogen-bond acceptors (Lipinski definition) is 5. The smallest absolute Gasteiger partial charge is 0.339 e. The summed E-state index contributed by atoms with van der Waals surface area (Å²) in [6.45, 7) is 3.83. The molecule has 2 aromatic carbocycles. The zero-order valence-corrected chi connectivity index (χ0v) is 16.8. The Morgan fingerprint density at radius 3 is 2.66 bits per heavy atom. The molecule has 0 atom stereocenters. The number of esters is 1. The summed E-state index contributed by atoms with van der Waals surface area (Å²) in [5.74, 6) is -0.532. The number of nitrogens with zero attached hydrogens (tertiary/aromatic N) is 3. The largest absolute Gasteiger partial charge is 0.465 e. The lowest BCUT2D eigenvalue weighted by atomic mass is 10.2. The highest BCUT2D eigenvalue weighted by atomic mass is 35.5. The number of hydrogen-bond donors (Lipinski definition) is 0. The van der Waals surface area contributed by atoms with Crippen LogP contribution in [0.25, 0.3) is 5.69 Å². The average molecular weight is 412 g/mol. The second-order valence-electron chi connectivity index (χ2n) is 6.35. The van der Waals surface area contributed by atoms with Gasteiger partial charge in [0.15, 0.2) is 0 Å². The van der Waals surface area contributed by atoms with Crippen LogP contribution in [0, 0.1) is 24.0 Å². The number of aliphatic imine (C=N–C) groups is 1. The lowest BCUT2D eigenvalue weighted by Gasteiger charge is -2.09. The molecule has 1 heterocycles. The number of carbonyl (C=O) groups is 1. The summed E-state index contributed by atoms with van der Waals surface area (Å²) in [7, 11) is 1.29. The molecule has 1 aromatic heterocycles. The van der Waals surface area contributed by atoms with Crippen LogP contribution < -0.4 is 0 Å². The second-order valence-corrected chi connectivity index (χ2v) is 6.76. The van der Waals surface area contributed by atoms with Gasteiger partial charge in [-0.3, -0.25) is 15.1 Å². The van der Waals surface area contributed by atoms with Crippen molar-refractivity contribution in [2.75, 3.05) is 7.11 Å². The van der Waals surface area contributed by atoms with Crippen LogP contribution >= 0.6 is 11.6 Å². The summed E-state index contributed by atoms with van der Waals surface area (Å²) in [4.78, 5) is 26.9. The van der Waals surface area contributed by atoms with Crippen molar-refractivity contribution in [2.24, 2.45) is 4.99 Å². The molecule has 0 N–H and O–H groups in total. The highest BCUT2D eigenvalue weighted by molar-refractivity contribution is 6.33. The second kappa shape index (κ2) is 8.28. The monoisotopic (exact) mass is 411 g/mol. The van der Waals surface area contributed by atoms with Crippen LogP contribution in [0.2, 0.25) is 5.02 Å². The number of carbonyl (C=O) groups excluding carboxylic acids is 1. The molecule has 7 nitrogen and oxygen atoms in total. The van der Waals surface area contributed by atoms with Gasteiger partial charge in [-0.15, -0.1) is 0 Å². The van der Waals surface area contributed by atoms with E-state index < -0.39 is 10.9 Å². The first-order valence-corrected chi connectivity index (χ1v) is 9.05. The Hall–Kier alpha value is -3.45. The van der Waals surface area contributed by atoms with Crippen molar-refractivity contribution in [1.29, 1.82) is 0 Å². The molecular weight excluding hydrogens is 394 g/mol. The average Bonchev–Trinajstić information content (AvgIpc) is 3.00. The maximum atomic E-state index is 11.8. The molecule has 0 fully saturated rings. The molecule has 0 saturated heterocycles. The maximum absolute atomic E-state index is 11.8. The molecular formula is C21H18ClN3O4. The van der Waals surface area contributed by atoms with E-state index in [1.54, 1.807) is 30.5 Å². The number of nitro groups is 1. The third-order valence-corrected chi connectivity index (χ3v) is 4.81. The molecule has 29 heavy (non-hydrogen) atoms. The Morgan fingerprint density at radius 2 is 1.97 bits per heavy atom. The normalized spacial score (nSPS) is 11.0. The Bertz CT molecular complexity index is 1130. The molecule has 0 radical (unpaired) electrons. The van der Waals surface area contributed by atoms with Crippen molar-refractivity contribution < 1.29 is 14.5 Å². The van der Waals surface area contributed by atoms with Gasteiger partial charge in [-0.2, -0.15) is 0 Å². The number of nitro benzene ring substituents is 1. The first-order chi connectivity index (χ1) is 13.8. The van der Waals surface area contributed by atoms with Gasteiger partial charge in [-0.25, -0.2) is 4.79 Å². The lowest BCUT2D eigenvalue weighted by molar-refractivity contribution is -0.384. The van der Waals surface area contributed by atoms with E-state index in [0.717, 1.165) is 17.0 Å². The number of ether oxygens (including phenoxy) is 1. The molecule has 0 spiro atoms. The zero-order chi connectivity index (χ0) is 21.1. The predicted octanol–water partition coefficient (Wildman–Crippen LogP) is 5.19. The van der Waals surface area contributed by atoms with Gasteiger partial charge in [0.2, 0.25) is 0 Å². The molecule has 0 unspecified atom stereocenters. The van der Waals surface area contributed by atoms with Gasteiger partial charge >= 0.3 is 5.97 Å². The van der Waals surface area contributed by atoms with E-state index in [1.165, 1.54) is 19.2 Å². The molecule has 0 aliphatic rings. The Labute approximate surface area is 172 Å². The molecule has 8 heteroatoms. The standard InChI is InChI=1S/C21H18ClN3O4/c1-13-9-15(12-23-16-7-8-20(22)19(10-16)21(26)29-3)14(2)24(13)17-5-4-6-18(11-17)25(27)28/h4-12H,1-3H3. The molecule has 0 amide bonds. The summed E-state index contributed by atoms with van der Waals surface area (Å²) < 4.78 is 6.65. The van der Waals surface area contributed by atoms with Crippen LogP contribution in [0.1, 0.15) is 27.3 Å². The zero-order valence-electron chi connectivity index (χ0n) is 16.0. The number of aromatic nitrogens is 1. The van der Waals surface area contributed by atoms with Gasteiger partial charge in [-0.1, -0.05) is 17.7 Å². The van der Waals surface area contributed by atoms with Crippen LogP contribution in [0.4, 0.5) is 11.4 Å². The fraction of sp³-hybridized carbons (Fsp3) is 0.143. The van der Waals surface area contributed by atoms with Crippen molar-refractivity contribution in [2.45, 2.75) is 13.8 Å². The van der Waals surface area contributed by atoms with Crippen molar-refractivity contribution in [3.05, 3.63) is 86.2 Å². The fourth-order valence-corrected chi connectivity index (χ4v) is 3.26. The first kappa shape index (κ1) is 20.3. The molecule has 3 aromatic rings. The van der Waals surface area contributed by atoms with Gasteiger partial charge in [-0.05, 0) is 44.2 Å². The maximum Gasteiger partial charge on any atom is 0.339 e. The van der Waals surface area contributed by atoms with E-state index >= 15 is 0 Å². The summed E-state index contributed by atoms with van der Waals surface area (Å²) >= 11 is 6.04. The summed E-state index contributed by atoms with van der Waals surface area (Å²) in [5, 5.41) is 11.4. The number of rotatable bonds is 5. The highest BCUT2D eigenvalue weighted by Gasteiger charge is 2.14. The van der Waals surface area contributed by atoms with E-state index in [1.807, 2.05) is 30.5 Å². The fourth-order valence-electron chi connectivity index (χ4n) is 3.07. The van der Waals surface area contributed by atoms with Gasteiger partial charge in [0.1, 0.15) is 0 Å². The van der Waals surface area contributed by atoms with Gasteiger partial charge in [0.25, 0.3) is 5.69 Å². The quantitative estimate of drug-likeness (QED) is 0.250. The van der Waals surface area contributed by atoms with E-state index in [9.17, 15) is 14.9 Å². The summed E-state index contributed by atoms with van der Waals surface area (Å²) in [6, 6.07) is 13.2. The van der Waals surface area contributed by atoms with Gasteiger partial charge < -0.3 is 9.30 Å². The van der Waals surface area contributed by atoms with E-state index in [-0.39, 0.29) is 11.3 Å². The molecule has 0 bridgehead atoms. The highest BCUT2D eigenvalue weighted by Crippen LogP contribution is 2.25. The number of halogens is 1. The van der Waals surface area contributed by atoms with Crippen LogP contribution in [-0.4, -0.2) is 28.8 Å². The molecule has 0 aliphatic carbocycles. The van der Waals surface area contributed by atoms with Crippen molar-refractivity contribution >= 4 is 35.2 Å². The summed E-state index contributed by atoms with van der Waals surface area (Å²) in [5.41, 5.74) is 4.17. The Morgan fingerprint density at radius 1 is 1.21 bits per heavy atom. The molecule has 0 saturated carbocycles. The third kappa shape index (κ3) is 4.20. The van der Waals surface area contributed by atoms with Gasteiger partial charge in [0.05, 0.1) is 34.0 Å². The van der Waals surface area contributed by atoms with Crippen molar-refractivity contribution in [3.8, 4) is 5.69 Å². The Kier molecular flexibility index (Phi) is 5.79. The first-order valence-electron chi connectivity index (χ1n) is 8.67. The SMILES string of the molecule is COC(=O)c1cc(N=Cc2cc(C)n(-c3cccc([N+](=O)[O-])c3)c2C)ccc1Cl. The molecule has 0 aliphatic heterocycles. The van der Waals surface area contributed by atoms with Crippen molar-refractivity contribution in [3.63, 3.8) is 0 Å². The number of methoxy groups -OCH3 is 1. The number of non-ortho nitro benzene ring substituents is 1. The molecule has 148 valence electrons. The Balaban J connectivity index is 1.96. The summed E-state index contributed by atoms with van der Waals surface area (Å²) in [6.07, 6.45) is 1.68. The topological polar surface area (TPSA) is 86.7 Å². The van der Waals surface area contributed by atoms with Crippen molar-refractivity contribution in [1.82, 2.24) is 4.57 Å². The van der Waals surface area contributed by atoms with E-state index in [0.29, 0.717) is 16.4 Å². The minimum Gasteiger partial charge on any atom is -0.465 e. The number of aryl methyl sites for hydroxylation is 1. The van der Waals surface area contributed by atoms with Crippen LogP contribution in [-0.2, 0) is 4.74 Å². The van der Waals surface area contributed by atoms with Crippen LogP contribution in [0.5, 0.6) is 0 Å². The van der Waals surface area contributed by atoms with Gasteiger partial charge in [0, 0.05) is 35.3 Å². The minimum atomic E-state index is -0.532. The third-order valence-electron chi connectivity index (χ3n) is 4.48.